The van der Waals surface area contributed by atoms with E-state index in [1.807, 2.05) is 0 Å². The van der Waals surface area contributed by atoms with Crippen LogP contribution < -0.4 is 0 Å². The maximum atomic E-state index is 12.2. The molecule has 0 amide bonds. The molecule has 8 heteroatoms. The smallest absolute Gasteiger partial charge is 0.401 e. The lowest BCUT2D eigenvalue weighted by Gasteiger charge is -2.20. The maximum Gasteiger partial charge on any atom is 0.401 e. The van der Waals surface area contributed by atoms with Gasteiger partial charge in [-0.05, 0) is 19.2 Å². The Labute approximate surface area is 117 Å². The van der Waals surface area contributed by atoms with Gasteiger partial charge in [-0.1, -0.05) is 23.2 Å². The van der Waals surface area contributed by atoms with Gasteiger partial charge in [-0.15, -0.1) is 0 Å². The number of rotatable bonds is 4. The number of nitrogens with zero attached hydrogens (tertiary/aromatic N) is 1. The van der Waals surface area contributed by atoms with Crippen molar-refractivity contribution in [3.05, 3.63) is 33.3 Å². The minimum atomic E-state index is -4.35. The second-order valence-corrected chi connectivity index (χ2v) is 4.77. The molecule has 1 aromatic rings. The molecule has 0 heterocycles. The van der Waals surface area contributed by atoms with Gasteiger partial charge < -0.3 is 5.11 Å². The molecule has 0 bridgehead atoms. The summed E-state index contributed by atoms with van der Waals surface area (Å²) in [5, 5.41) is 8.86. The lowest BCUT2D eigenvalue weighted by Crippen LogP contribution is -2.30. The van der Waals surface area contributed by atoms with Gasteiger partial charge in [0.15, 0.2) is 0 Å². The van der Waals surface area contributed by atoms with E-state index in [4.69, 9.17) is 28.3 Å². The predicted octanol–water partition coefficient (Wildman–Crippen LogP) is 3.69. The molecule has 0 saturated carbocycles. The first-order valence-corrected chi connectivity index (χ1v) is 5.83. The third-order valence-electron chi connectivity index (χ3n) is 2.29. The van der Waals surface area contributed by atoms with Crippen molar-refractivity contribution >= 4 is 29.2 Å². The van der Waals surface area contributed by atoms with Crippen LogP contribution in [0.4, 0.5) is 13.2 Å². The number of hydrogen-bond acceptors (Lipinski definition) is 2. The maximum absolute atomic E-state index is 12.2. The van der Waals surface area contributed by atoms with Crippen LogP contribution in [0.15, 0.2) is 12.1 Å². The van der Waals surface area contributed by atoms with Crippen LogP contribution in [-0.4, -0.2) is 35.7 Å². The molecule has 1 N–H and O–H groups in total. The summed E-state index contributed by atoms with van der Waals surface area (Å²) in [6.07, 6.45) is -4.35. The summed E-state index contributed by atoms with van der Waals surface area (Å²) in [6, 6.07) is 2.51. The van der Waals surface area contributed by atoms with Crippen LogP contribution in [0.1, 0.15) is 15.9 Å². The van der Waals surface area contributed by atoms with E-state index < -0.39 is 18.7 Å². The Hall–Kier alpha value is -0.980. The van der Waals surface area contributed by atoms with Crippen molar-refractivity contribution < 1.29 is 23.1 Å². The van der Waals surface area contributed by atoms with Gasteiger partial charge in [0.1, 0.15) is 0 Å². The number of carbonyl (C=O) groups is 1. The number of carboxylic acids is 1. The van der Waals surface area contributed by atoms with Gasteiger partial charge in [0.05, 0.1) is 17.1 Å². The molecule has 19 heavy (non-hydrogen) atoms. The van der Waals surface area contributed by atoms with Crippen molar-refractivity contribution in [1.29, 1.82) is 0 Å². The molecule has 3 nitrogen and oxygen atoms in total. The van der Waals surface area contributed by atoms with Gasteiger partial charge >= 0.3 is 12.1 Å². The van der Waals surface area contributed by atoms with Gasteiger partial charge in [-0.25, -0.2) is 4.79 Å². The largest absolute Gasteiger partial charge is 0.478 e. The molecule has 0 unspecified atom stereocenters. The first-order chi connectivity index (χ1) is 8.61. The summed E-state index contributed by atoms with van der Waals surface area (Å²) in [5.41, 5.74) is -0.0311. The molecule has 0 aliphatic heterocycles. The molecule has 0 radical (unpaired) electrons. The molecule has 0 aliphatic rings. The highest BCUT2D eigenvalue weighted by molar-refractivity contribution is 6.37. The van der Waals surface area contributed by atoms with Crippen molar-refractivity contribution in [2.75, 3.05) is 13.6 Å². The van der Waals surface area contributed by atoms with Crippen LogP contribution in [0.2, 0.25) is 10.0 Å². The van der Waals surface area contributed by atoms with Crippen molar-refractivity contribution in [3.63, 3.8) is 0 Å². The monoisotopic (exact) mass is 315 g/mol. The van der Waals surface area contributed by atoms with E-state index in [1.165, 1.54) is 19.2 Å². The highest BCUT2D eigenvalue weighted by atomic mass is 35.5. The zero-order chi connectivity index (χ0) is 14.8. The predicted molar refractivity (Wildman–Crippen MR) is 65.8 cm³/mol. The normalized spacial score (nSPS) is 11.9. The van der Waals surface area contributed by atoms with E-state index in [0.29, 0.717) is 0 Å². The second kappa shape index (κ2) is 5.98. The first kappa shape index (κ1) is 16.1. The van der Waals surface area contributed by atoms with Crippen molar-refractivity contribution in [3.8, 4) is 0 Å². The summed E-state index contributed by atoms with van der Waals surface area (Å²) in [6.45, 7) is -1.34. The number of alkyl halides is 3. The fourth-order valence-electron chi connectivity index (χ4n) is 1.54. The molecule has 106 valence electrons. The fraction of sp³-hybridized carbons (Fsp3) is 0.364. The highest BCUT2D eigenvalue weighted by Crippen LogP contribution is 2.30. The first-order valence-electron chi connectivity index (χ1n) is 5.07. The standard InChI is InChI=1S/C11H10Cl2F3NO2/c1-17(5-11(14,15)16)4-7-8(12)3-2-6(9(7)13)10(18)19/h2-3H,4-5H2,1H3,(H,18,19). The molecule has 0 fully saturated rings. The van der Waals surface area contributed by atoms with E-state index in [9.17, 15) is 18.0 Å². The van der Waals surface area contributed by atoms with Crippen LogP contribution in [0.3, 0.4) is 0 Å². The Kier molecular flexibility index (Phi) is 5.06. The number of hydrogen-bond donors (Lipinski definition) is 1. The van der Waals surface area contributed by atoms with Crippen LogP contribution in [-0.2, 0) is 6.54 Å². The van der Waals surface area contributed by atoms with Crippen LogP contribution in [0.5, 0.6) is 0 Å². The molecular weight excluding hydrogens is 306 g/mol. The zero-order valence-electron chi connectivity index (χ0n) is 9.76. The fourth-order valence-corrected chi connectivity index (χ4v) is 2.11. The highest BCUT2D eigenvalue weighted by Gasteiger charge is 2.29. The van der Waals surface area contributed by atoms with E-state index in [0.717, 1.165) is 4.90 Å². The van der Waals surface area contributed by atoms with E-state index >= 15 is 0 Å². The average Bonchev–Trinajstić information content (AvgIpc) is 2.21. The van der Waals surface area contributed by atoms with Crippen LogP contribution in [0.25, 0.3) is 0 Å². The minimum absolute atomic E-state index is 0.129. The summed E-state index contributed by atoms with van der Waals surface area (Å²) >= 11 is 11.7. The SMILES string of the molecule is CN(Cc1c(Cl)ccc(C(=O)O)c1Cl)CC(F)(F)F. The van der Waals surface area contributed by atoms with E-state index in [-0.39, 0.29) is 27.7 Å². The van der Waals surface area contributed by atoms with Gasteiger partial charge in [0.25, 0.3) is 0 Å². The lowest BCUT2D eigenvalue weighted by atomic mass is 10.1. The Bertz CT molecular complexity index is 492. The summed E-state index contributed by atoms with van der Waals surface area (Å²) < 4.78 is 36.6. The topological polar surface area (TPSA) is 40.5 Å². The van der Waals surface area contributed by atoms with E-state index in [2.05, 4.69) is 0 Å². The minimum Gasteiger partial charge on any atom is -0.478 e. The van der Waals surface area contributed by atoms with Gasteiger partial charge in [0.2, 0.25) is 0 Å². The number of aromatic carboxylic acids is 1. The van der Waals surface area contributed by atoms with Crippen molar-refractivity contribution in [2.45, 2.75) is 12.7 Å². The van der Waals surface area contributed by atoms with Gasteiger partial charge in [-0.2, -0.15) is 13.2 Å². The molecule has 0 spiro atoms. The molecule has 0 atom stereocenters. The third kappa shape index (κ3) is 4.56. The third-order valence-corrected chi connectivity index (χ3v) is 3.08. The quantitative estimate of drug-likeness (QED) is 0.921. The molecule has 1 aromatic carbocycles. The molecule has 0 saturated heterocycles. The number of carboxylic acid groups (broad SMARTS) is 1. The van der Waals surface area contributed by atoms with Gasteiger partial charge in [0, 0.05) is 17.1 Å². The zero-order valence-corrected chi connectivity index (χ0v) is 11.3. The average molecular weight is 316 g/mol. The Morgan fingerprint density at radius 2 is 1.95 bits per heavy atom. The Morgan fingerprint density at radius 1 is 1.37 bits per heavy atom. The molecule has 1 rings (SSSR count). The van der Waals surface area contributed by atoms with Crippen LogP contribution in [0, 0.1) is 0 Å². The summed E-state index contributed by atoms with van der Waals surface area (Å²) in [5.74, 6) is -1.26. The lowest BCUT2D eigenvalue weighted by molar-refractivity contribution is -0.144. The Morgan fingerprint density at radius 3 is 2.42 bits per heavy atom. The van der Waals surface area contributed by atoms with Gasteiger partial charge in [-0.3, -0.25) is 4.90 Å². The number of benzene rings is 1. The Balaban J connectivity index is 3.01. The van der Waals surface area contributed by atoms with Crippen LogP contribution >= 0.6 is 23.2 Å². The number of halogens is 5. The van der Waals surface area contributed by atoms with E-state index in [1.54, 1.807) is 0 Å². The molecular formula is C11H10Cl2F3NO2. The molecule has 0 aliphatic carbocycles. The second-order valence-electron chi connectivity index (χ2n) is 3.98. The van der Waals surface area contributed by atoms with Crippen molar-refractivity contribution in [2.24, 2.45) is 0 Å². The summed E-state index contributed by atoms with van der Waals surface area (Å²) in [4.78, 5) is 11.8. The summed E-state index contributed by atoms with van der Waals surface area (Å²) in [7, 11) is 1.24. The molecule has 0 aromatic heterocycles. The van der Waals surface area contributed by atoms with Crippen molar-refractivity contribution in [1.82, 2.24) is 4.90 Å².